The van der Waals surface area contributed by atoms with Gasteiger partial charge in [0.1, 0.15) is 5.82 Å². The maximum absolute atomic E-state index is 11.7. The van der Waals surface area contributed by atoms with Crippen LogP contribution < -0.4 is 11.1 Å². The SMILES string of the molecule is COCCCCNC(=O)c1cnc(N)c(Cl)c1. The average molecular weight is 258 g/mol. The highest BCUT2D eigenvalue weighted by Crippen LogP contribution is 2.16. The van der Waals surface area contributed by atoms with Gasteiger partial charge in [0.05, 0.1) is 10.6 Å². The predicted octanol–water partition coefficient (Wildman–Crippen LogP) is 1.47. The Kier molecular flexibility index (Phi) is 5.72. The zero-order valence-electron chi connectivity index (χ0n) is 9.70. The molecule has 1 aromatic heterocycles. The largest absolute Gasteiger partial charge is 0.385 e. The molecule has 0 aliphatic rings. The molecule has 0 atom stereocenters. The molecule has 1 heterocycles. The van der Waals surface area contributed by atoms with E-state index in [1.807, 2.05) is 0 Å². The molecular weight excluding hydrogens is 242 g/mol. The van der Waals surface area contributed by atoms with E-state index in [1.54, 1.807) is 7.11 Å². The maximum Gasteiger partial charge on any atom is 0.252 e. The standard InChI is InChI=1S/C11H16ClN3O2/c1-17-5-3-2-4-14-11(16)8-6-9(12)10(13)15-7-8/h6-7H,2-5H2,1H3,(H2,13,15)(H,14,16). The normalized spacial score (nSPS) is 10.2. The van der Waals surface area contributed by atoms with E-state index in [0.29, 0.717) is 18.7 Å². The molecule has 0 radical (unpaired) electrons. The number of nitrogens with two attached hydrogens (primary N) is 1. The summed E-state index contributed by atoms with van der Waals surface area (Å²) < 4.78 is 4.91. The Morgan fingerprint density at radius 1 is 1.59 bits per heavy atom. The van der Waals surface area contributed by atoms with Crippen LogP contribution in [0.5, 0.6) is 0 Å². The van der Waals surface area contributed by atoms with Crippen molar-refractivity contribution >= 4 is 23.3 Å². The van der Waals surface area contributed by atoms with Crippen LogP contribution in [0.4, 0.5) is 5.82 Å². The summed E-state index contributed by atoms with van der Waals surface area (Å²) in [7, 11) is 1.65. The highest BCUT2D eigenvalue weighted by atomic mass is 35.5. The number of anilines is 1. The Morgan fingerprint density at radius 3 is 3.00 bits per heavy atom. The highest BCUT2D eigenvalue weighted by Gasteiger charge is 2.07. The van der Waals surface area contributed by atoms with Crippen molar-refractivity contribution in [2.24, 2.45) is 0 Å². The van der Waals surface area contributed by atoms with E-state index in [1.165, 1.54) is 12.3 Å². The molecule has 5 nitrogen and oxygen atoms in total. The lowest BCUT2D eigenvalue weighted by Gasteiger charge is -2.05. The van der Waals surface area contributed by atoms with Gasteiger partial charge in [0.15, 0.2) is 0 Å². The molecule has 0 aromatic carbocycles. The third kappa shape index (κ3) is 4.58. The number of pyridine rings is 1. The molecule has 0 aliphatic carbocycles. The van der Waals surface area contributed by atoms with Gasteiger partial charge in [-0.1, -0.05) is 11.6 Å². The lowest BCUT2D eigenvalue weighted by molar-refractivity contribution is 0.0951. The second-order valence-corrected chi connectivity index (χ2v) is 3.95. The van der Waals surface area contributed by atoms with Crippen LogP contribution in [0, 0.1) is 0 Å². The first-order valence-corrected chi connectivity index (χ1v) is 5.71. The summed E-state index contributed by atoms with van der Waals surface area (Å²) in [5.74, 6) is 0.0279. The first-order chi connectivity index (χ1) is 8.15. The quantitative estimate of drug-likeness (QED) is 0.757. The number of amides is 1. The number of aromatic nitrogens is 1. The highest BCUT2D eigenvalue weighted by molar-refractivity contribution is 6.33. The number of nitrogens with zero attached hydrogens (tertiary/aromatic N) is 1. The molecule has 3 N–H and O–H groups in total. The molecule has 0 fully saturated rings. The van der Waals surface area contributed by atoms with Crippen molar-refractivity contribution in [3.63, 3.8) is 0 Å². The predicted molar refractivity (Wildman–Crippen MR) is 67.1 cm³/mol. The number of carbonyl (C=O) groups excluding carboxylic acids is 1. The number of halogens is 1. The minimum Gasteiger partial charge on any atom is -0.385 e. The third-order valence-corrected chi connectivity index (χ3v) is 2.50. The van der Waals surface area contributed by atoms with Gasteiger partial charge in [0.2, 0.25) is 0 Å². The van der Waals surface area contributed by atoms with Gasteiger partial charge in [-0.3, -0.25) is 4.79 Å². The molecule has 0 spiro atoms. The van der Waals surface area contributed by atoms with Crippen LogP contribution in [0.3, 0.4) is 0 Å². The van der Waals surface area contributed by atoms with Crippen molar-refractivity contribution in [2.75, 3.05) is 26.0 Å². The number of unbranched alkanes of at least 4 members (excludes halogenated alkanes) is 1. The maximum atomic E-state index is 11.7. The summed E-state index contributed by atoms with van der Waals surface area (Å²) in [5, 5.41) is 3.06. The summed E-state index contributed by atoms with van der Waals surface area (Å²) in [5.41, 5.74) is 5.87. The van der Waals surface area contributed by atoms with Crippen LogP contribution in [0.1, 0.15) is 23.2 Å². The molecule has 6 heteroatoms. The van der Waals surface area contributed by atoms with Crippen molar-refractivity contribution in [1.29, 1.82) is 0 Å². The van der Waals surface area contributed by atoms with Gasteiger partial charge in [-0.2, -0.15) is 0 Å². The third-order valence-electron chi connectivity index (χ3n) is 2.19. The molecule has 0 saturated heterocycles. The van der Waals surface area contributed by atoms with Gasteiger partial charge >= 0.3 is 0 Å². The molecular formula is C11H16ClN3O2. The molecule has 1 amide bonds. The zero-order chi connectivity index (χ0) is 12.7. The average Bonchev–Trinajstić information content (AvgIpc) is 2.32. The van der Waals surface area contributed by atoms with Crippen LogP contribution in [-0.4, -0.2) is 31.2 Å². The number of nitrogens with one attached hydrogen (secondary N) is 1. The Labute approximate surface area is 105 Å². The number of nitrogen functional groups attached to an aromatic ring is 1. The van der Waals surface area contributed by atoms with E-state index in [2.05, 4.69) is 10.3 Å². The van der Waals surface area contributed by atoms with Crippen LogP contribution in [0.25, 0.3) is 0 Å². The lowest BCUT2D eigenvalue weighted by Crippen LogP contribution is -2.24. The second kappa shape index (κ2) is 7.09. The van der Waals surface area contributed by atoms with Crippen molar-refractivity contribution < 1.29 is 9.53 Å². The first-order valence-electron chi connectivity index (χ1n) is 5.33. The number of rotatable bonds is 6. The van der Waals surface area contributed by atoms with Gasteiger partial charge in [-0.15, -0.1) is 0 Å². The molecule has 94 valence electrons. The van der Waals surface area contributed by atoms with Crippen LogP contribution in [0.2, 0.25) is 5.02 Å². The van der Waals surface area contributed by atoms with Gasteiger partial charge < -0.3 is 15.8 Å². The van der Waals surface area contributed by atoms with Crippen molar-refractivity contribution in [3.05, 3.63) is 22.8 Å². The topological polar surface area (TPSA) is 77.2 Å². The molecule has 17 heavy (non-hydrogen) atoms. The lowest BCUT2D eigenvalue weighted by atomic mass is 10.2. The molecule has 0 unspecified atom stereocenters. The van der Waals surface area contributed by atoms with Crippen molar-refractivity contribution in [1.82, 2.24) is 10.3 Å². The fourth-order valence-corrected chi connectivity index (χ4v) is 1.41. The summed E-state index contributed by atoms with van der Waals surface area (Å²) in [6.07, 6.45) is 3.19. The number of hydrogen-bond acceptors (Lipinski definition) is 4. The first kappa shape index (κ1) is 13.7. The summed E-state index contributed by atoms with van der Waals surface area (Å²) in [4.78, 5) is 15.5. The number of hydrogen-bond donors (Lipinski definition) is 2. The fourth-order valence-electron chi connectivity index (χ4n) is 1.25. The fraction of sp³-hybridized carbons (Fsp3) is 0.455. The second-order valence-electron chi connectivity index (χ2n) is 3.55. The Hall–Kier alpha value is -1.33. The van der Waals surface area contributed by atoms with Crippen molar-refractivity contribution in [2.45, 2.75) is 12.8 Å². The van der Waals surface area contributed by atoms with Crippen molar-refractivity contribution in [3.8, 4) is 0 Å². The van der Waals surface area contributed by atoms with Crippen LogP contribution >= 0.6 is 11.6 Å². The minimum absolute atomic E-state index is 0.197. The van der Waals surface area contributed by atoms with Crippen LogP contribution in [0.15, 0.2) is 12.3 Å². The van der Waals surface area contributed by atoms with Gasteiger partial charge in [0, 0.05) is 26.5 Å². The number of carbonyl (C=O) groups is 1. The summed E-state index contributed by atoms with van der Waals surface area (Å²) in [6, 6.07) is 1.51. The van der Waals surface area contributed by atoms with E-state index >= 15 is 0 Å². The van der Waals surface area contributed by atoms with Gasteiger partial charge in [-0.25, -0.2) is 4.98 Å². The monoisotopic (exact) mass is 257 g/mol. The van der Waals surface area contributed by atoms with E-state index in [0.717, 1.165) is 12.8 Å². The molecule has 0 saturated carbocycles. The van der Waals surface area contributed by atoms with E-state index < -0.39 is 0 Å². The number of ether oxygens (including phenoxy) is 1. The van der Waals surface area contributed by atoms with Gasteiger partial charge in [0.25, 0.3) is 5.91 Å². The smallest absolute Gasteiger partial charge is 0.252 e. The minimum atomic E-state index is -0.197. The van der Waals surface area contributed by atoms with E-state index in [9.17, 15) is 4.79 Å². The zero-order valence-corrected chi connectivity index (χ0v) is 10.5. The number of methoxy groups -OCH3 is 1. The van der Waals surface area contributed by atoms with Gasteiger partial charge in [-0.05, 0) is 18.9 Å². The molecule has 1 aromatic rings. The van der Waals surface area contributed by atoms with E-state index in [-0.39, 0.29) is 16.7 Å². The molecule has 0 bridgehead atoms. The Bertz CT molecular complexity index is 385. The Balaban J connectivity index is 2.39. The van der Waals surface area contributed by atoms with E-state index in [4.69, 9.17) is 22.1 Å². The summed E-state index contributed by atoms with van der Waals surface area (Å²) in [6.45, 7) is 1.30. The van der Waals surface area contributed by atoms with Crippen LogP contribution in [-0.2, 0) is 4.74 Å². The molecule has 1 rings (SSSR count). The Morgan fingerprint density at radius 2 is 2.35 bits per heavy atom. The summed E-state index contributed by atoms with van der Waals surface area (Å²) >= 11 is 5.78. The molecule has 0 aliphatic heterocycles.